The molecule has 1 rings (SSSR count). The molecule has 0 amide bonds. The third-order valence-electron chi connectivity index (χ3n) is 1.85. The number of halogens is 3. The lowest BCUT2D eigenvalue weighted by Gasteiger charge is -2.09. The van der Waals surface area contributed by atoms with Crippen LogP contribution in [0.4, 0.5) is 18.9 Å². The van der Waals surface area contributed by atoms with Gasteiger partial charge in [-0.1, -0.05) is 5.92 Å². The monoisotopic (exact) mass is 243 g/mol. The smallest absolute Gasteiger partial charge is 0.418 e. The zero-order valence-corrected chi connectivity index (χ0v) is 8.76. The largest absolute Gasteiger partial charge is 0.459 e. The van der Waals surface area contributed by atoms with Crippen LogP contribution in [-0.4, -0.2) is 13.1 Å². The molecule has 0 spiro atoms. The van der Waals surface area contributed by atoms with Gasteiger partial charge in [-0.2, -0.15) is 13.2 Å². The molecule has 3 nitrogen and oxygen atoms in total. The summed E-state index contributed by atoms with van der Waals surface area (Å²) in [6, 6.07) is 3.00. The Labute approximate surface area is 95.4 Å². The van der Waals surface area contributed by atoms with Crippen molar-refractivity contribution >= 4 is 11.7 Å². The number of alkyl halides is 3. The third kappa shape index (κ3) is 3.41. The zero-order chi connectivity index (χ0) is 13.1. The molecule has 0 saturated carbocycles. The van der Waals surface area contributed by atoms with Crippen LogP contribution >= 0.6 is 0 Å². The fourth-order valence-corrected chi connectivity index (χ4v) is 1.07. The van der Waals surface area contributed by atoms with Crippen molar-refractivity contribution in [2.45, 2.75) is 6.18 Å². The maximum atomic E-state index is 12.4. The van der Waals surface area contributed by atoms with Crippen LogP contribution < -0.4 is 5.73 Å². The second-order valence-corrected chi connectivity index (χ2v) is 3.04. The number of ether oxygens (including phenoxy) is 1. The van der Waals surface area contributed by atoms with Crippen LogP contribution in [0.2, 0.25) is 0 Å². The minimum Gasteiger partial charge on any atom is -0.459 e. The second-order valence-electron chi connectivity index (χ2n) is 3.04. The lowest BCUT2D eigenvalue weighted by atomic mass is 10.1. The van der Waals surface area contributed by atoms with Crippen LogP contribution in [0.15, 0.2) is 18.2 Å². The highest BCUT2D eigenvalue weighted by Gasteiger charge is 2.32. The van der Waals surface area contributed by atoms with Gasteiger partial charge in [0, 0.05) is 17.2 Å². The van der Waals surface area contributed by atoms with Crippen molar-refractivity contribution in [3.63, 3.8) is 0 Å². The Bertz CT molecular complexity index is 498. The number of carbonyl (C=O) groups is 1. The molecule has 0 saturated heterocycles. The molecule has 0 heterocycles. The minimum absolute atomic E-state index is 0.209. The average Bonchev–Trinajstić information content (AvgIpc) is 2.24. The molecular formula is C11H8F3NO2. The molecular weight excluding hydrogens is 235 g/mol. The lowest BCUT2D eigenvalue weighted by Crippen LogP contribution is -2.08. The van der Waals surface area contributed by atoms with Gasteiger partial charge in [-0.05, 0) is 18.2 Å². The number of hydrogen-bond donors (Lipinski definition) is 1. The fourth-order valence-electron chi connectivity index (χ4n) is 1.07. The number of nitrogens with two attached hydrogens (primary N) is 1. The predicted molar refractivity (Wildman–Crippen MR) is 54.8 cm³/mol. The van der Waals surface area contributed by atoms with Gasteiger partial charge in [0.25, 0.3) is 0 Å². The summed E-state index contributed by atoms with van der Waals surface area (Å²) in [5, 5.41) is 0. The number of benzene rings is 1. The molecule has 0 fully saturated rings. The number of carbonyl (C=O) groups excluding carboxylic acids is 1. The van der Waals surface area contributed by atoms with Crippen molar-refractivity contribution in [1.82, 2.24) is 0 Å². The molecule has 0 atom stereocenters. The van der Waals surface area contributed by atoms with E-state index in [1.165, 1.54) is 0 Å². The van der Waals surface area contributed by atoms with E-state index in [0.29, 0.717) is 0 Å². The maximum Gasteiger partial charge on any atom is 0.418 e. The van der Waals surface area contributed by atoms with E-state index in [4.69, 9.17) is 5.73 Å². The fraction of sp³-hybridized carbons (Fsp3) is 0.182. The first-order valence-electron chi connectivity index (χ1n) is 4.41. The number of hydrogen-bond acceptors (Lipinski definition) is 3. The van der Waals surface area contributed by atoms with Gasteiger partial charge in [-0.3, -0.25) is 0 Å². The molecule has 17 heavy (non-hydrogen) atoms. The van der Waals surface area contributed by atoms with Crippen LogP contribution in [-0.2, 0) is 15.7 Å². The van der Waals surface area contributed by atoms with E-state index in [1.807, 2.05) is 0 Å². The van der Waals surface area contributed by atoms with Gasteiger partial charge in [-0.25, -0.2) is 4.79 Å². The molecule has 0 aliphatic carbocycles. The molecule has 0 radical (unpaired) electrons. The molecule has 0 bridgehead atoms. The number of nitrogen functional groups attached to an aromatic ring is 1. The lowest BCUT2D eigenvalue weighted by molar-refractivity contribution is -0.137. The maximum absolute atomic E-state index is 12.4. The summed E-state index contributed by atoms with van der Waals surface area (Å²) in [7, 11) is 1.15. The molecule has 6 heteroatoms. The summed E-state index contributed by atoms with van der Waals surface area (Å²) in [5.74, 6) is 3.65. The van der Waals surface area contributed by atoms with E-state index >= 15 is 0 Å². The van der Waals surface area contributed by atoms with E-state index in [0.717, 1.165) is 25.3 Å². The minimum atomic E-state index is -4.50. The van der Waals surface area contributed by atoms with E-state index in [9.17, 15) is 18.0 Å². The normalized spacial score (nSPS) is 10.4. The highest BCUT2D eigenvalue weighted by molar-refractivity contribution is 5.89. The summed E-state index contributed by atoms with van der Waals surface area (Å²) in [6.07, 6.45) is -4.50. The Morgan fingerprint density at radius 2 is 2.06 bits per heavy atom. The molecule has 0 aliphatic rings. The molecule has 0 unspecified atom stereocenters. The highest BCUT2D eigenvalue weighted by Crippen LogP contribution is 2.33. The summed E-state index contributed by atoms with van der Waals surface area (Å²) in [5.41, 5.74) is 4.09. The SMILES string of the molecule is COC(=O)C#Cc1ccc(C(F)(F)F)c(N)c1. The second kappa shape index (κ2) is 4.78. The first-order valence-corrected chi connectivity index (χ1v) is 4.41. The first kappa shape index (κ1) is 12.9. The zero-order valence-electron chi connectivity index (χ0n) is 8.76. The molecule has 0 aromatic heterocycles. The van der Waals surface area contributed by atoms with Crippen molar-refractivity contribution in [2.24, 2.45) is 0 Å². The quantitative estimate of drug-likeness (QED) is 0.429. The van der Waals surface area contributed by atoms with Crippen LogP contribution in [0.1, 0.15) is 11.1 Å². The molecule has 90 valence electrons. The predicted octanol–water partition coefficient (Wildman–Crippen LogP) is 1.81. The van der Waals surface area contributed by atoms with Gasteiger partial charge in [-0.15, -0.1) is 0 Å². The van der Waals surface area contributed by atoms with E-state index < -0.39 is 23.4 Å². The Balaban J connectivity index is 3.04. The van der Waals surface area contributed by atoms with Crippen molar-refractivity contribution < 1.29 is 22.7 Å². The molecule has 1 aromatic rings. The number of anilines is 1. The average molecular weight is 243 g/mol. The number of methoxy groups -OCH3 is 1. The van der Waals surface area contributed by atoms with Crippen LogP contribution in [0.3, 0.4) is 0 Å². The molecule has 2 N–H and O–H groups in total. The van der Waals surface area contributed by atoms with Crippen molar-refractivity contribution in [1.29, 1.82) is 0 Å². The Kier molecular flexibility index (Phi) is 3.63. The highest BCUT2D eigenvalue weighted by atomic mass is 19.4. The van der Waals surface area contributed by atoms with Gasteiger partial charge in [0.2, 0.25) is 0 Å². The van der Waals surface area contributed by atoms with Gasteiger partial charge in [0.1, 0.15) is 0 Å². The Morgan fingerprint density at radius 1 is 1.41 bits per heavy atom. The molecule has 0 aliphatic heterocycles. The number of rotatable bonds is 0. The van der Waals surface area contributed by atoms with Crippen LogP contribution in [0, 0.1) is 11.8 Å². The Hall–Kier alpha value is -2.16. The first-order chi connectivity index (χ1) is 7.84. The van der Waals surface area contributed by atoms with E-state index in [-0.39, 0.29) is 5.56 Å². The summed E-state index contributed by atoms with van der Waals surface area (Å²) in [6.45, 7) is 0. The van der Waals surface area contributed by atoms with Crippen LogP contribution in [0.5, 0.6) is 0 Å². The van der Waals surface area contributed by atoms with Crippen molar-refractivity contribution in [3.05, 3.63) is 29.3 Å². The molecule has 1 aromatic carbocycles. The van der Waals surface area contributed by atoms with Gasteiger partial charge < -0.3 is 10.5 Å². The number of esters is 1. The third-order valence-corrected chi connectivity index (χ3v) is 1.85. The van der Waals surface area contributed by atoms with Gasteiger partial charge in [0.05, 0.1) is 12.7 Å². The van der Waals surface area contributed by atoms with Gasteiger partial charge >= 0.3 is 12.1 Å². The summed E-state index contributed by atoms with van der Waals surface area (Å²) >= 11 is 0. The van der Waals surface area contributed by atoms with Crippen molar-refractivity contribution in [2.75, 3.05) is 12.8 Å². The summed E-state index contributed by atoms with van der Waals surface area (Å²) < 4.78 is 41.3. The standard InChI is InChI=1S/C11H8F3NO2/c1-17-10(16)5-3-7-2-4-8(9(15)6-7)11(12,13)14/h2,4,6H,15H2,1H3. The Morgan fingerprint density at radius 3 is 2.53 bits per heavy atom. The van der Waals surface area contributed by atoms with Gasteiger partial charge in [0.15, 0.2) is 0 Å². The summed E-state index contributed by atoms with van der Waals surface area (Å²) in [4.78, 5) is 10.7. The van der Waals surface area contributed by atoms with Crippen LogP contribution in [0.25, 0.3) is 0 Å². The van der Waals surface area contributed by atoms with E-state index in [2.05, 4.69) is 16.6 Å². The van der Waals surface area contributed by atoms with E-state index in [1.54, 1.807) is 0 Å². The van der Waals surface area contributed by atoms with Crippen molar-refractivity contribution in [3.8, 4) is 11.8 Å². The topological polar surface area (TPSA) is 52.3 Å².